The second-order valence-corrected chi connectivity index (χ2v) is 5.06. The third-order valence-corrected chi connectivity index (χ3v) is 3.11. The molecule has 0 spiro atoms. The fourth-order valence-electron chi connectivity index (χ4n) is 1.44. The lowest BCUT2D eigenvalue weighted by Gasteiger charge is -2.41. The first-order valence-corrected chi connectivity index (χ1v) is 6.31. The number of nitrogens with zero attached hydrogens (tertiary/aromatic N) is 1. The van der Waals surface area contributed by atoms with Gasteiger partial charge < -0.3 is 5.11 Å². The van der Waals surface area contributed by atoms with Crippen LogP contribution in [0, 0.1) is 0 Å². The standard InChI is InChI=1S/C10H5F16NO2/c11-4(12,3(29)27(26)1-2-28)5(13,14)6(15,16)7(17,18)8(19,20)9(21,22)10(23,24)25/h28H,1-2H2. The van der Waals surface area contributed by atoms with Crippen LogP contribution in [0.3, 0.4) is 0 Å². The summed E-state index contributed by atoms with van der Waals surface area (Å²) in [7, 11) is 0. The topological polar surface area (TPSA) is 40.5 Å². The van der Waals surface area contributed by atoms with E-state index in [4.69, 9.17) is 5.11 Å². The number of amides is 1. The Kier molecular flexibility index (Phi) is 6.80. The van der Waals surface area contributed by atoms with Crippen molar-refractivity contribution in [3.63, 3.8) is 0 Å². The number of aliphatic hydroxyl groups is 1. The van der Waals surface area contributed by atoms with Crippen LogP contribution in [-0.4, -0.2) is 71.0 Å². The maximum absolute atomic E-state index is 13.2. The van der Waals surface area contributed by atoms with E-state index in [9.17, 15) is 75.1 Å². The van der Waals surface area contributed by atoms with Crippen LogP contribution in [0.4, 0.5) is 70.3 Å². The number of alkyl halides is 15. The van der Waals surface area contributed by atoms with Crippen molar-refractivity contribution in [1.29, 1.82) is 0 Å². The van der Waals surface area contributed by atoms with Gasteiger partial charge in [0.25, 0.3) is 0 Å². The van der Waals surface area contributed by atoms with Crippen molar-refractivity contribution in [3.05, 3.63) is 0 Å². The lowest BCUT2D eigenvalue weighted by atomic mass is 9.91. The Labute approximate surface area is 147 Å². The second-order valence-electron chi connectivity index (χ2n) is 5.06. The molecule has 0 heterocycles. The van der Waals surface area contributed by atoms with Gasteiger partial charge in [-0.25, -0.2) is 0 Å². The van der Waals surface area contributed by atoms with E-state index in [0.29, 0.717) is 0 Å². The highest BCUT2D eigenvalue weighted by Gasteiger charge is 2.94. The molecule has 0 unspecified atom stereocenters. The van der Waals surface area contributed by atoms with Gasteiger partial charge in [0.15, 0.2) is 0 Å². The number of carbonyl (C=O) groups excluding carboxylic acids is 1. The SMILES string of the molecule is O=C(N(F)CCO)C(F)(F)C(F)(F)C(F)(F)C(F)(F)C(F)(F)C(F)(F)C(F)(F)F. The Morgan fingerprint density at radius 3 is 1.24 bits per heavy atom. The number of aliphatic hydroxyl groups excluding tert-OH is 1. The average molecular weight is 475 g/mol. The molecule has 0 fully saturated rings. The average Bonchev–Trinajstić information content (AvgIpc) is 2.52. The minimum absolute atomic E-state index is 1.65. The molecule has 0 rings (SSSR count). The van der Waals surface area contributed by atoms with Gasteiger partial charge in [-0.15, -0.1) is 0 Å². The summed E-state index contributed by atoms with van der Waals surface area (Å²) in [6.07, 6.45) is -7.75. The molecule has 3 nitrogen and oxygen atoms in total. The summed E-state index contributed by atoms with van der Waals surface area (Å²) in [6.45, 7) is -3.61. The lowest BCUT2D eigenvalue weighted by Crippen LogP contribution is -2.73. The van der Waals surface area contributed by atoms with Gasteiger partial charge in [-0.2, -0.15) is 71.0 Å². The van der Waals surface area contributed by atoms with Crippen LogP contribution >= 0.6 is 0 Å². The van der Waals surface area contributed by atoms with Gasteiger partial charge in [0.05, 0.1) is 13.2 Å². The van der Waals surface area contributed by atoms with Gasteiger partial charge in [-0.3, -0.25) is 4.79 Å². The molecule has 0 aromatic heterocycles. The summed E-state index contributed by atoms with van der Waals surface area (Å²) < 4.78 is 204. The van der Waals surface area contributed by atoms with Crippen LogP contribution < -0.4 is 0 Å². The Morgan fingerprint density at radius 1 is 0.621 bits per heavy atom. The summed E-state index contributed by atoms with van der Waals surface area (Å²) in [6, 6.07) is 0. The molecular formula is C10H5F16NO2. The van der Waals surface area contributed by atoms with E-state index in [1.54, 1.807) is 0 Å². The first kappa shape index (κ1) is 27.3. The van der Waals surface area contributed by atoms with E-state index >= 15 is 0 Å². The van der Waals surface area contributed by atoms with Crippen LogP contribution in [0.25, 0.3) is 0 Å². The molecule has 0 saturated carbocycles. The molecular weight excluding hydrogens is 470 g/mol. The first-order valence-electron chi connectivity index (χ1n) is 6.31. The molecule has 29 heavy (non-hydrogen) atoms. The van der Waals surface area contributed by atoms with Crippen molar-refractivity contribution in [1.82, 2.24) is 5.12 Å². The summed E-state index contributed by atoms with van der Waals surface area (Å²) in [5.41, 5.74) is 0. The number of rotatable bonds is 8. The molecule has 0 aromatic rings. The summed E-state index contributed by atoms with van der Waals surface area (Å²) in [5, 5.41) is 5.94. The molecule has 0 aromatic carbocycles. The van der Waals surface area contributed by atoms with Crippen molar-refractivity contribution < 1.29 is 80.2 Å². The van der Waals surface area contributed by atoms with Crippen molar-refractivity contribution in [2.75, 3.05) is 13.2 Å². The van der Waals surface area contributed by atoms with Crippen molar-refractivity contribution in [3.8, 4) is 0 Å². The maximum Gasteiger partial charge on any atom is 0.460 e. The van der Waals surface area contributed by atoms with Crippen LogP contribution in [-0.2, 0) is 4.79 Å². The highest BCUT2D eigenvalue weighted by Crippen LogP contribution is 2.62. The van der Waals surface area contributed by atoms with Crippen molar-refractivity contribution in [2.24, 2.45) is 0 Å². The molecule has 0 aliphatic rings. The summed E-state index contributed by atoms with van der Waals surface area (Å²) in [4.78, 5) is 10.7. The van der Waals surface area contributed by atoms with Gasteiger partial charge >= 0.3 is 47.6 Å². The predicted octanol–water partition coefficient (Wildman–Crippen LogP) is 4.07. The molecule has 174 valence electrons. The van der Waals surface area contributed by atoms with Crippen molar-refractivity contribution in [2.45, 2.75) is 41.7 Å². The number of halogens is 16. The fourth-order valence-corrected chi connectivity index (χ4v) is 1.44. The van der Waals surface area contributed by atoms with Crippen LogP contribution in [0.15, 0.2) is 0 Å². The molecule has 0 bridgehead atoms. The Morgan fingerprint density at radius 2 is 0.931 bits per heavy atom. The van der Waals surface area contributed by atoms with Crippen molar-refractivity contribution >= 4 is 5.91 Å². The lowest BCUT2D eigenvalue weighted by molar-refractivity contribution is -0.450. The van der Waals surface area contributed by atoms with E-state index in [-0.39, 0.29) is 0 Å². The zero-order valence-corrected chi connectivity index (χ0v) is 12.8. The molecule has 0 aliphatic heterocycles. The number of carbonyl (C=O) groups is 1. The van der Waals surface area contributed by atoms with E-state index in [1.165, 1.54) is 0 Å². The quantitative estimate of drug-likeness (QED) is 0.425. The van der Waals surface area contributed by atoms with Crippen LogP contribution in [0.2, 0.25) is 0 Å². The number of hydrogen-bond donors (Lipinski definition) is 1. The second kappa shape index (κ2) is 7.22. The van der Waals surface area contributed by atoms with Crippen LogP contribution in [0.1, 0.15) is 0 Å². The molecule has 19 heteroatoms. The van der Waals surface area contributed by atoms with Gasteiger partial charge in [-0.1, -0.05) is 4.48 Å². The van der Waals surface area contributed by atoms with Crippen LogP contribution in [0.5, 0.6) is 0 Å². The minimum Gasteiger partial charge on any atom is -0.394 e. The maximum atomic E-state index is 13.2. The summed E-state index contributed by atoms with van der Waals surface area (Å²) >= 11 is 0. The normalized spacial score (nSPS) is 15.5. The van der Waals surface area contributed by atoms with E-state index in [2.05, 4.69) is 0 Å². The van der Waals surface area contributed by atoms with Gasteiger partial charge in [0, 0.05) is 0 Å². The summed E-state index contributed by atoms with van der Waals surface area (Å²) in [5.74, 6) is -53.3. The third-order valence-electron chi connectivity index (χ3n) is 3.11. The smallest absolute Gasteiger partial charge is 0.394 e. The van der Waals surface area contributed by atoms with Gasteiger partial charge in [0.1, 0.15) is 0 Å². The Bertz CT molecular complexity index is 611. The largest absolute Gasteiger partial charge is 0.460 e. The fraction of sp³-hybridized carbons (Fsp3) is 0.900. The van der Waals surface area contributed by atoms with Gasteiger partial charge in [0.2, 0.25) is 0 Å². The first-order chi connectivity index (χ1) is 12.4. The van der Waals surface area contributed by atoms with E-state index in [0.717, 1.165) is 0 Å². The monoisotopic (exact) mass is 475 g/mol. The Hall–Kier alpha value is -1.69. The number of hydrogen-bond acceptors (Lipinski definition) is 2. The van der Waals surface area contributed by atoms with Gasteiger partial charge in [-0.05, 0) is 0 Å². The molecule has 0 atom stereocenters. The highest BCUT2D eigenvalue weighted by molar-refractivity contribution is 5.84. The molecule has 1 amide bonds. The molecule has 1 N–H and O–H groups in total. The highest BCUT2D eigenvalue weighted by atomic mass is 19.4. The molecule has 0 radical (unpaired) electrons. The minimum atomic E-state index is -8.57. The molecule has 0 aliphatic carbocycles. The Balaban J connectivity index is 6.54. The third kappa shape index (κ3) is 3.65. The zero-order valence-electron chi connectivity index (χ0n) is 12.8. The predicted molar refractivity (Wildman–Crippen MR) is 55.6 cm³/mol. The zero-order chi connectivity index (χ0) is 24.1. The van der Waals surface area contributed by atoms with E-state index in [1.807, 2.05) is 0 Å². The molecule has 0 saturated heterocycles. The van der Waals surface area contributed by atoms with E-state index < -0.39 is 65.9 Å².